The molecular weight excluding hydrogens is 429 g/mol. The van der Waals surface area contributed by atoms with Crippen LogP contribution in [0.4, 0.5) is 18.9 Å². The van der Waals surface area contributed by atoms with E-state index in [-0.39, 0.29) is 12.2 Å². The van der Waals surface area contributed by atoms with E-state index < -0.39 is 17.6 Å². The lowest BCUT2D eigenvalue weighted by molar-refractivity contribution is -0.137. The van der Waals surface area contributed by atoms with Crippen LogP contribution in [0.15, 0.2) is 73.1 Å². The van der Waals surface area contributed by atoms with E-state index in [4.69, 9.17) is 0 Å². The number of hydrogen-bond acceptors (Lipinski definition) is 2. The van der Waals surface area contributed by atoms with E-state index in [1.54, 1.807) is 22.9 Å². The number of halogens is 3. The quantitative estimate of drug-likeness (QED) is 0.347. The van der Waals surface area contributed by atoms with Crippen molar-refractivity contribution in [2.75, 3.05) is 5.32 Å². The molecule has 0 saturated heterocycles. The summed E-state index contributed by atoms with van der Waals surface area (Å²) in [6, 6.07) is 16.4. The zero-order valence-electron chi connectivity index (χ0n) is 17.6. The van der Waals surface area contributed by atoms with Gasteiger partial charge in [-0.1, -0.05) is 35.9 Å². The summed E-state index contributed by atoms with van der Waals surface area (Å²) in [5.41, 5.74) is 2.95. The minimum Gasteiger partial charge on any atom is -0.346 e. The van der Waals surface area contributed by atoms with Gasteiger partial charge in [0.25, 0.3) is 5.91 Å². The van der Waals surface area contributed by atoms with E-state index in [2.05, 4.69) is 15.3 Å². The lowest BCUT2D eigenvalue weighted by Gasteiger charge is -2.13. The lowest BCUT2D eigenvalue weighted by atomic mass is 10.1. The molecule has 0 aliphatic heterocycles. The van der Waals surface area contributed by atoms with Crippen molar-refractivity contribution in [3.05, 3.63) is 95.4 Å². The number of benzene rings is 2. The van der Waals surface area contributed by atoms with Crippen LogP contribution >= 0.6 is 0 Å². The zero-order valence-corrected chi connectivity index (χ0v) is 17.6. The van der Waals surface area contributed by atoms with E-state index in [0.29, 0.717) is 22.2 Å². The lowest BCUT2D eigenvalue weighted by Crippen LogP contribution is -2.17. The molecule has 5 nitrogen and oxygen atoms in total. The first kappa shape index (κ1) is 20.8. The second-order valence-electron chi connectivity index (χ2n) is 7.97. The van der Waals surface area contributed by atoms with Gasteiger partial charge in [-0.25, -0.2) is 4.98 Å². The first-order valence-electron chi connectivity index (χ1n) is 10.3. The molecule has 0 spiro atoms. The average molecular weight is 448 g/mol. The fourth-order valence-corrected chi connectivity index (χ4v) is 3.99. The fourth-order valence-electron chi connectivity index (χ4n) is 3.99. The number of alkyl halides is 3. The number of hydrogen-bond donors (Lipinski definition) is 2. The highest BCUT2D eigenvalue weighted by Gasteiger charge is 2.31. The van der Waals surface area contributed by atoms with E-state index >= 15 is 0 Å². The molecule has 8 heteroatoms. The highest BCUT2D eigenvalue weighted by atomic mass is 19.4. The van der Waals surface area contributed by atoms with Gasteiger partial charge < -0.3 is 14.9 Å². The van der Waals surface area contributed by atoms with Crippen molar-refractivity contribution < 1.29 is 18.0 Å². The Kier molecular flexibility index (Phi) is 4.92. The molecule has 3 heterocycles. The SMILES string of the molecule is Cc1cccc(Cn2c(C(=O)Nc3cnc4[nH]ccc4c3)cc3ccc(C(F)(F)F)cc32)c1. The van der Waals surface area contributed by atoms with Gasteiger partial charge in [-0.2, -0.15) is 13.2 Å². The summed E-state index contributed by atoms with van der Waals surface area (Å²) in [5.74, 6) is -0.427. The first-order chi connectivity index (χ1) is 15.8. The highest BCUT2D eigenvalue weighted by Crippen LogP contribution is 2.33. The van der Waals surface area contributed by atoms with Gasteiger partial charge in [0.05, 0.1) is 17.4 Å². The molecule has 0 atom stereocenters. The summed E-state index contributed by atoms with van der Waals surface area (Å²) in [7, 11) is 0. The highest BCUT2D eigenvalue weighted by molar-refractivity contribution is 6.07. The molecule has 0 unspecified atom stereocenters. The van der Waals surface area contributed by atoms with Crippen LogP contribution in [0.5, 0.6) is 0 Å². The summed E-state index contributed by atoms with van der Waals surface area (Å²) in [5, 5.41) is 4.22. The van der Waals surface area contributed by atoms with Gasteiger partial charge in [-0.05, 0) is 42.8 Å². The number of carbonyl (C=O) groups excluding carboxylic acids is 1. The first-order valence-corrected chi connectivity index (χ1v) is 10.3. The molecule has 0 radical (unpaired) electrons. The number of aryl methyl sites for hydroxylation is 1. The maximum Gasteiger partial charge on any atom is 0.416 e. The molecule has 2 N–H and O–H groups in total. The summed E-state index contributed by atoms with van der Waals surface area (Å²) in [6.45, 7) is 2.20. The average Bonchev–Trinajstić information content (AvgIpc) is 3.37. The third kappa shape index (κ3) is 4.07. The summed E-state index contributed by atoms with van der Waals surface area (Å²) < 4.78 is 41.8. The van der Waals surface area contributed by atoms with Crippen LogP contribution in [0, 0.1) is 6.92 Å². The second-order valence-corrected chi connectivity index (χ2v) is 7.97. The molecule has 0 bridgehead atoms. The van der Waals surface area contributed by atoms with Crippen molar-refractivity contribution in [3.8, 4) is 0 Å². The Labute approximate surface area is 186 Å². The molecule has 0 saturated carbocycles. The Morgan fingerprint density at radius 1 is 1.06 bits per heavy atom. The molecule has 33 heavy (non-hydrogen) atoms. The smallest absolute Gasteiger partial charge is 0.346 e. The number of carbonyl (C=O) groups is 1. The molecule has 2 aromatic carbocycles. The molecule has 0 aliphatic rings. The van der Waals surface area contributed by atoms with Crippen molar-refractivity contribution >= 4 is 33.5 Å². The normalized spacial score (nSPS) is 11.9. The second kappa shape index (κ2) is 7.81. The van der Waals surface area contributed by atoms with Crippen LogP contribution in [-0.2, 0) is 12.7 Å². The largest absolute Gasteiger partial charge is 0.416 e. The van der Waals surface area contributed by atoms with Crippen LogP contribution in [-0.4, -0.2) is 20.4 Å². The van der Waals surface area contributed by atoms with Crippen LogP contribution in [0.2, 0.25) is 0 Å². The minimum absolute atomic E-state index is 0.254. The van der Waals surface area contributed by atoms with E-state index in [1.165, 1.54) is 12.3 Å². The summed E-state index contributed by atoms with van der Waals surface area (Å²) >= 11 is 0. The van der Waals surface area contributed by atoms with Gasteiger partial charge in [-0.3, -0.25) is 4.79 Å². The van der Waals surface area contributed by atoms with Gasteiger partial charge in [-0.15, -0.1) is 0 Å². The monoisotopic (exact) mass is 448 g/mol. The predicted octanol–water partition coefficient (Wildman–Crippen LogP) is 6.15. The molecular formula is C25H19F3N4O. The summed E-state index contributed by atoms with van der Waals surface area (Å²) in [4.78, 5) is 20.5. The van der Waals surface area contributed by atoms with Crippen molar-refractivity contribution in [1.82, 2.24) is 14.5 Å². The van der Waals surface area contributed by atoms with E-state index in [0.717, 1.165) is 28.6 Å². The maximum absolute atomic E-state index is 13.4. The Bertz CT molecular complexity index is 1500. The third-order valence-corrected chi connectivity index (χ3v) is 5.55. The molecule has 1 amide bonds. The number of rotatable bonds is 4. The Hall–Kier alpha value is -4.07. The molecule has 166 valence electrons. The van der Waals surface area contributed by atoms with Gasteiger partial charge in [0, 0.05) is 29.0 Å². The van der Waals surface area contributed by atoms with Crippen molar-refractivity contribution in [3.63, 3.8) is 0 Å². The van der Waals surface area contributed by atoms with Gasteiger partial charge in [0.15, 0.2) is 0 Å². The Balaban J connectivity index is 1.59. The number of H-pyrrole nitrogens is 1. The van der Waals surface area contributed by atoms with Gasteiger partial charge in [0.2, 0.25) is 0 Å². The number of fused-ring (bicyclic) bond motifs is 2. The fraction of sp³-hybridized carbons (Fsp3) is 0.120. The molecule has 0 aliphatic carbocycles. The van der Waals surface area contributed by atoms with Gasteiger partial charge >= 0.3 is 6.18 Å². The van der Waals surface area contributed by atoms with E-state index in [1.807, 2.05) is 37.3 Å². The number of nitrogens with one attached hydrogen (secondary N) is 2. The maximum atomic E-state index is 13.4. The minimum atomic E-state index is -4.48. The zero-order chi connectivity index (χ0) is 23.2. The number of anilines is 1. The molecule has 0 fully saturated rings. The van der Waals surface area contributed by atoms with Gasteiger partial charge in [0.1, 0.15) is 11.3 Å². The number of aromatic amines is 1. The van der Waals surface area contributed by atoms with Crippen molar-refractivity contribution in [2.24, 2.45) is 0 Å². The van der Waals surface area contributed by atoms with Crippen LogP contribution < -0.4 is 5.32 Å². The molecule has 3 aromatic heterocycles. The molecule has 5 rings (SSSR count). The number of pyridine rings is 1. The standard InChI is InChI=1S/C25H19F3N4O/c1-15-3-2-4-16(9-15)14-32-21-12-19(25(26,27)28)6-5-17(21)11-22(32)24(33)31-20-10-18-7-8-29-23(18)30-13-20/h2-13H,14H2,1H3,(H,29,30)(H,31,33). The van der Waals surface area contributed by atoms with E-state index in [9.17, 15) is 18.0 Å². The number of aromatic nitrogens is 3. The number of nitrogens with zero attached hydrogens (tertiary/aromatic N) is 2. The Morgan fingerprint density at radius 2 is 1.91 bits per heavy atom. The van der Waals surface area contributed by atoms with Crippen LogP contribution in [0.25, 0.3) is 21.9 Å². The van der Waals surface area contributed by atoms with Crippen LogP contribution in [0.3, 0.4) is 0 Å². The topological polar surface area (TPSA) is 62.7 Å². The van der Waals surface area contributed by atoms with Crippen molar-refractivity contribution in [2.45, 2.75) is 19.6 Å². The summed E-state index contributed by atoms with van der Waals surface area (Å²) in [6.07, 6.45) is -1.19. The van der Waals surface area contributed by atoms with Crippen LogP contribution in [0.1, 0.15) is 27.2 Å². The predicted molar refractivity (Wildman–Crippen MR) is 121 cm³/mol. The Morgan fingerprint density at radius 3 is 2.70 bits per heavy atom. The van der Waals surface area contributed by atoms with Crippen molar-refractivity contribution in [1.29, 1.82) is 0 Å². The third-order valence-electron chi connectivity index (χ3n) is 5.55. The number of amides is 1. The molecule has 5 aromatic rings.